The number of nitrogens with zero attached hydrogens (tertiary/aromatic N) is 3. The van der Waals surface area contributed by atoms with E-state index in [1.165, 1.54) is 6.07 Å². The zero-order valence-corrected chi connectivity index (χ0v) is 10.8. The molecule has 3 rings (SSSR count). The van der Waals surface area contributed by atoms with Gasteiger partial charge in [-0.05, 0) is 18.2 Å². The van der Waals surface area contributed by atoms with Gasteiger partial charge >= 0.3 is 0 Å². The average Bonchev–Trinajstić information content (AvgIpc) is 2.97. The molecular weight excluding hydrogens is 272 g/mol. The quantitative estimate of drug-likeness (QED) is 0.449. The van der Waals surface area contributed by atoms with Crippen LogP contribution in [0.25, 0.3) is 22.8 Å². The molecule has 7 heteroatoms. The van der Waals surface area contributed by atoms with Gasteiger partial charge in [-0.2, -0.15) is 4.98 Å². The van der Waals surface area contributed by atoms with E-state index >= 15 is 0 Å². The SMILES string of the molecule is Nc1ccccc1-c1noc(-c2ccccc2[N+](=O)[O-])n1. The summed E-state index contributed by atoms with van der Waals surface area (Å²) < 4.78 is 5.13. The fourth-order valence-electron chi connectivity index (χ4n) is 1.96. The van der Waals surface area contributed by atoms with Crippen LogP contribution in [0.3, 0.4) is 0 Å². The zero-order chi connectivity index (χ0) is 14.8. The van der Waals surface area contributed by atoms with Crippen LogP contribution in [0.2, 0.25) is 0 Å². The summed E-state index contributed by atoms with van der Waals surface area (Å²) in [6.45, 7) is 0. The van der Waals surface area contributed by atoms with E-state index in [1.807, 2.05) is 0 Å². The molecule has 1 aromatic heterocycles. The first-order valence-electron chi connectivity index (χ1n) is 6.09. The molecule has 0 aliphatic carbocycles. The Labute approximate surface area is 119 Å². The van der Waals surface area contributed by atoms with E-state index in [0.717, 1.165) is 0 Å². The van der Waals surface area contributed by atoms with Gasteiger partial charge in [-0.3, -0.25) is 10.1 Å². The standard InChI is InChI=1S/C14H10N4O3/c15-11-7-3-1-5-9(11)13-16-14(21-17-13)10-6-2-4-8-12(10)18(19)20/h1-8H,15H2. The van der Waals surface area contributed by atoms with Gasteiger partial charge in [0.05, 0.1) is 4.92 Å². The van der Waals surface area contributed by atoms with E-state index in [0.29, 0.717) is 17.1 Å². The number of nitro groups is 1. The van der Waals surface area contributed by atoms with Crippen molar-refractivity contribution in [2.45, 2.75) is 0 Å². The second kappa shape index (κ2) is 5.04. The molecule has 21 heavy (non-hydrogen) atoms. The number of anilines is 1. The van der Waals surface area contributed by atoms with E-state index in [4.69, 9.17) is 10.3 Å². The van der Waals surface area contributed by atoms with Gasteiger partial charge in [0.25, 0.3) is 11.6 Å². The maximum atomic E-state index is 11.0. The molecule has 0 bridgehead atoms. The molecule has 0 amide bonds. The highest BCUT2D eigenvalue weighted by Gasteiger charge is 2.20. The number of hydrogen-bond donors (Lipinski definition) is 1. The first-order valence-corrected chi connectivity index (χ1v) is 6.09. The number of rotatable bonds is 3. The van der Waals surface area contributed by atoms with Crippen LogP contribution in [0.1, 0.15) is 0 Å². The molecule has 0 atom stereocenters. The Kier molecular flexibility index (Phi) is 3.07. The third-order valence-electron chi connectivity index (χ3n) is 2.96. The molecule has 104 valence electrons. The van der Waals surface area contributed by atoms with E-state index in [2.05, 4.69) is 10.1 Å². The second-order valence-electron chi connectivity index (χ2n) is 4.28. The highest BCUT2D eigenvalue weighted by molar-refractivity contribution is 5.73. The number of para-hydroxylation sites is 2. The lowest BCUT2D eigenvalue weighted by atomic mass is 10.1. The van der Waals surface area contributed by atoms with Gasteiger partial charge < -0.3 is 10.3 Å². The number of hydrogen-bond acceptors (Lipinski definition) is 6. The summed E-state index contributed by atoms with van der Waals surface area (Å²) in [5.74, 6) is 0.377. The van der Waals surface area contributed by atoms with Crippen molar-refractivity contribution in [3.8, 4) is 22.8 Å². The van der Waals surface area contributed by atoms with E-state index < -0.39 is 4.92 Å². The number of nitrogen functional groups attached to an aromatic ring is 1. The van der Waals surface area contributed by atoms with Gasteiger partial charge in [-0.15, -0.1) is 0 Å². The smallest absolute Gasteiger partial charge is 0.282 e. The van der Waals surface area contributed by atoms with Gasteiger partial charge in [-0.25, -0.2) is 0 Å². The third kappa shape index (κ3) is 2.32. The van der Waals surface area contributed by atoms with Gasteiger partial charge in [0, 0.05) is 17.3 Å². The maximum absolute atomic E-state index is 11.0. The van der Waals surface area contributed by atoms with Crippen molar-refractivity contribution in [2.24, 2.45) is 0 Å². The summed E-state index contributed by atoms with van der Waals surface area (Å²) in [6, 6.07) is 13.3. The fourth-order valence-corrected chi connectivity index (χ4v) is 1.96. The van der Waals surface area contributed by atoms with Crippen molar-refractivity contribution >= 4 is 11.4 Å². The van der Waals surface area contributed by atoms with Gasteiger partial charge in [0.1, 0.15) is 5.56 Å². The summed E-state index contributed by atoms with van der Waals surface area (Å²) in [5, 5.41) is 14.9. The van der Waals surface area contributed by atoms with Crippen LogP contribution < -0.4 is 5.73 Å². The van der Waals surface area contributed by atoms with Crippen molar-refractivity contribution in [2.75, 3.05) is 5.73 Å². The van der Waals surface area contributed by atoms with Crippen molar-refractivity contribution < 1.29 is 9.45 Å². The lowest BCUT2D eigenvalue weighted by Gasteiger charge is -1.98. The minimum absolute atomic E-state index is 0.0838. The molecule has 0 fully saturated rings. The molecular formula is C14H10N4O3. The fraction of sp³-hybridized carbons (Fsp3) is 0. The van der Waals surface area contributed by atoms with Crippen LogP contribution >= 0.6 is 0 Å². The minimum Gasteiger partial charge on any atom is -0.398 e. The largest absolute Gasteiger partial charge is 0.398 e. The van der Waals surface area contributed by atoms with Crippen molar-refractivity contribution in [3.05, 3.63) is 58.6 Å². The molecule has 0 saturated heterocycles. The van der Waals surface area contributed by atoms with Gasteiger partial charge in [-0.1, -0.05) is 29.4 Å². The molecule has 0 spiro atoms. The third-order valence-corrected chi connectivity index (χ3v) is 2.96. The van der Waals surface area contributed by atoms with Crippen molar-refractivity contribution in [1.29, 1.82) is 0 Å². The minimum atomic E-state index is -0.490. The molecule has 3 aromatic rings. The Morgan fingerprint density at radius 2 is 1.71 bits per heavy atom. The van der Waals surface area contributed by atoms with E-state index in [9.17, 15) is 10.1 Å². The maximum Gasteiger partial charge on any atom is 0.282 e. The summed E-state index contributed by atoms with van der Waals surface area (Å²) in [5.41, 5.74) is 7.16. The van der Waals surface area contributed by atoms with Crippen LogP contribution in [0, 0.1) is 10.1 Å². The molecule has 1 heterocycles. The summed E-state index contributed by atoms with van der Waals surface area (Å²) in [4.78, 5) is 14.7. The van der Waals surface area contributed by atoms with E-state index in [-0.39, 0.29) is 17.1 Å². The van der Waals surface area contributed by atoms with Crippen molar-refractivity contribution in [1.82, 2.24) is 10.1 Å². The molecule has 0 saturated carbocycles. The predicted octanol–water partition coefficient (Wildman–Crippen LogP) is 2.89. The topological polar surface area (TPSA) is 108 Å². The highest BCUT2D eigenvalue weighted by atomic mass is 16.6. The molecule has 7 nitrogen and oxygen atoms in total. The van der Waals surface area contributed by atoms with Crippen molar-refractivity contribution in [3.63, 3.8) is 0 Å². The Balaban J connectivity index is 2.08. The van der Waals surface area contributed by atoms with Crippen LogP contribution in [-0.4, -0.2) is 15.1 Å². The Bertz CT molecular complexity index is 813. The van der Waals surface area contributed by atoms with E-state index in [1.54, 1.807) is 42.5 Å². The van der Waals surface area contributed by atoms with Crippen LogP contribution in [-0.2, 0) is 0 Å². The number of benzene rings is 2. The molecule has 0 radical (unpaired) electrons. The molecule has 0 aliphatic rings. The number of aromatic nitrogens is 2. The average molecular weight is 282 g/mol. The first-order chi connectivity index (χ1) is 10.2. The Hall–Kier alpha value is -3.22. The lowest BCUT2D eigenvalue weighted by molar-refractivity contribution is -0.384. The molecule has 0 unspecified atom stereocenters. The lowest BCUT2D eigenvalue weighted by Crippen LogP contribution is -1.92. The normalized spacial score (nSPS) is 10.5. The first kappa shape index (κ1) is 12.8. The monoisotopic (exact) mass is 282 g/mol. The summed E-state index contributed by atoms with van der Waals surface area (Å²) in [6.07, 6.45) is 0. The highest BCUT2D eigenvalue weighted by Crippen LogP contribution is 2.30. The van der Waals surface area contributed by atoms with Gasteiger partial charge in [0.2, 0.25) is 5.82 Å². The predicted molar refractivity (Wildman–Crippen MR) is 76.2 cm³/mol. The Morgan fingerprint density at radius 1 is 1.05 bits per heavy atom. The van der Waals surface area contributed by atoms with Crippen LogP contribution in [0.4, 0.5) is 11.4 Å². The summed E-state index contributed by atoms with van der Waals surface area (Å²) >= 11 is 0. The van der Waals surface area contributed by atoms with Crippen LogP contribution in [0.5, 0.6) is 0 Å². The zero-order valence-electron chi connectivity index (χ0n) is 10.8. The molecule has 2 aromatic carbocycles. The van der Waals surface area contributed by atoms with Gasteiger partial charge in [0.15, 0.2) is 0 Å². The Morgan fingerprint density at radius 3 is 2.43 bits per heavy atom. The number of nitro benzene ring substituents is 1. The number of nitrogens with two attached hydrogens (primary N) is 1. The van der Waals surface area contributed by atoms with Crippen LogP contribution in [0.15, 0.2) is 53.1 Å². The summed E-state index contributed by atoms with van der Waals surface area (Å²) in [7, 11) is 0. The molecule has 0 aliphatic heterocycles. The second-order valence-corrected chi connectivity index (χ2v) is 4.28. The molecule has 2 N–H and O–H groups in total.